The Balaban J connectivity index is 1.68. The van der Waals surface area contributed by atoms with Gasteiger partial charge in [0.2, 0.25) is 5.91 Å². The molecular formula is C26H22N2O7S. The molecule has 0 saturated heterocycles. The molecule has 1 unspecified atom stereocenters. The lowest BCUT2D eigenvalue weighted by molar-refractivity contribution is -0.115. The second kappa shape index (κ2) is 11.3. The molecule has 0 aliphatic carbocycles. The number of carbonyl (C=O) groups is 5. The fourth-order valence-electron chi connectivity index (χ4n) is 3.19. The van der Waals surface area contributed by atoms with Crippen LogP contribution in [0.4, 0.5) is 11.4 Å². The van der Waals surface area contributed by atoms with E-state index in [1.165, 1.54) is 18.7 Å². The van der Waals surface area contributed by atoms with Crippen molar-refractivity contribution >= 4 is 52.7 Å². The van der Waals surface area contributed by atoms with Crippen LogP contribution in [-0.4, -0.2) is 45.0 Å². The van der Waals surface area contributed by atoms with Gasteiger partial charge in [0.1, 0.15) is 0 Å². The molecule has 0 aromatic heterocycles. The first kappa shape index (κ1) is 26.2. The van der Waals surface area contributed by atoms with Crippen LogP contribution in [0.15, 0.2) is 71.6 Å². The first-order valence-corrected chi connectivity index (χ1v) is 11.5. The van der Waals surface area contributed by atoms with E-state index in [0.29, 0.717) is 21.8 Å². The number of rotatable bonds is 9. The highest BCUT2D eigenvalue weighted by atomic mass is 32.2. The molecule has 3 aromatic carbocycles. The third-order valence-corrected chi connectivity index (χ3v) is 6.17. The van der Waals surface area contributed by atoms with Crippen LogP contribution in [0.2, 0.25) is 0 Å². The zero-order valence-electron chi connectivity index (χ0n) is 19.3. The van der Waals surface area contributed by atoms with E-state index >= 15 is 0 Å². The molecule has 0 aliphatic heterocycles. The van der Waals surface area contributed by atoms with Crippen molar-refractivity contribution in [3.05, 3.63) is 89.0 Å². The number of amides is 2. The van der Waals surface area contributed by atoms with Crippen LogP contribution < -0.4 is 10.6 Å². The summed E-state index contributed by atoms with van der Waals surface area (Å²) < 4.78 is 0. The number of nitrogens with one attached hydrogen (secondary N) is 2. The Hall–Kier alpha value is -4.44. The van der Waals surface area contributed by atoms with Gasteiger partial charge >= 0.3 is 11.9 Å². The number of hydrogen-bond donors (Lipinski definition) is 4. The molecule has 4 N–H and O–H groups in total. The molecule has 10 heteroatoms. The molecule has 0 aliphatic rings. The maximum Gasteiger partial charge on any atom is 0.336 e. The van der Waals surface area contributed by atoms with E-state index in [-0.39, 0.29) is 22.8 Å². The summed E-state index contributed by atoms with van der Waals surface area (Å²) in [6.07, 6.45) is 0. The smallest absolute Gasteiger partial charge is 0.336 e. The van der Waals surface area contributed by atoms with Gasteiger partial charge in [0.25, 0.3) is 5.91 Å². The molecule has 3 aromatic rings. The quantitative estimate of drug-likeness (QED) is 0.242. The van der Waals surface area contributed by atoms with Gasteiger partial charge in [0.05, 0.1) is 21.9 Å². The maximum atomic E-state index is 12.7. The number of aromatic carboxylic acids is 2. The molecule has 36 heavy (non-hydrogen) atoms. The van der Waals surface area contributed by atoms with Crippen molar-refractivity contribution in [3.8, 4) is 0 Å². The molecule has 9 nitrogen and oxygen atoms in total. The Morgan fingerprint density at radius 2 is 1.42 bits per heavy atom. The van der Waals surface area contributed by atoms with E-state index < -0.39 is 28.7 Å². The highest BCUT2D eigenvalue weighted by Gasteiger charge is 2.20. The average Bonchev–Trinajstić information content (AvgIpc) is 2.84. The van der Waals surface area contributed by atoms with Gasteiger partial charge in [0.15, 0.2) is 5.78 Å². The van der Waals surface area contributed by atoms with Gasteiger partial charge in [-0.1, -0.05) is 6.07 Å². The van der Waals surface area contributed by atoms with Crippen LogP contribution in [0, 0.1) is 0 Å². The highest BCUT2D eigenvalue weighted by molar-refractivity contribution is 8.00. The first-order valence-electron chi connectivity index (χ1n) is 10.7. The van der Waals surface area contributed by atoms with E-state index in [4.69, 9.17) is 5.11 Å². The van der Waals surface area contributed by atoms with Crippen LogP contribution in [0.3, 0.4) is 0 Å². The molecule has 184 valence electrons. The molecule has 0 radical (unpaired) electrons. The topological polar surface area (TPSA) is 150 Å². The molecule has 0 fully saturated rings. The lowest BCUT2D eigenvalue weighted by atomic mass is 10.0. The number of ketones is 1. The van der Waals surface area contributed by atoms with Crippen molar-refractivity contribution in [2.75, 3.05) is 10.6 Å². The highest BCUT2D eigenvalue weighted by Crippen LogP contribution is 2.27. The summed E-state index contributed by atoms with van der Waals surface area (Å²) in [5, 5.41) is 23.4. The summed E-state index contributed by atoms with van der Waals surface area (Å²) in [7, 11) is 0. The Kier molecular flexibility index (Phi) is 8.23. The van der Waals surface area contributed by atoms with Crippen molar-refractivity contribution in [2.45, 2.75) is 24.0 Å². The normalized spacial score (nSPS) is 11.3. The molecular weight excluding hydrogens is 484 g/mol. The van der Waals surface area contributed by atoms with Crippen molar-refractivity contribution < 1.29 is 34.2 Å². The third kappa shape index (κ3) is 6.57. The minimum atomic E-state index is -1.43. The molecule has 1 atom stereocenters. The SMILES string of the molecule is CC(=O)c1ccc(NC(=O)C(C)Sc2cccc(NC(=O)c3ccc(C(=O)O)cc3C(=O)O)c2)cc1. The van der Waals surface area contributed by atoms with E-state index in [1.54, 1.807) is 55.5 Å². The van der Waals surface area contributed by atoms with Gasteiger partial charge < -0.3 is 20.8 Å². The van der Waals surface area contributed by atoms with Gasteiger partial charge in [-0.3, -0.25) is 14.4 Å². The zero-order valence-corrected chi connectivity index (χ0v) is 20.1. The lowest BCUT2D eigenvalue weighted by Gasteiger charge is -2.14. The Bertz CT molecular complexity index is 1350. The number of thioether (sulfide) groups is 1. The number of carboxylic acid groups (broad SMARTS) is 2. The van der Waals surface area contributed by atoms with Crippen LogP contribution in [-0.2, 0) is 4.79 Å². The molecule has 3 rings (SSSR count). The van der Waals surface area contributed by atoms with Crippen molar-refractivity contribution in [1.82, 2.24) is 0 Å². The van der Waals surface area contributed by atoms with Crippen molar-refractivity contribution in [1.29, 1.82) is 0 Å². The second-order valence-corrected chi connectivity index (χ2v) is 9.15. The number of carboxylic acids is 2. The fraction of sp³-hybridized carbons (Fsp3) is 0.115. The predicted molar refractivity (Wildman–Crippen MR) is 135 cm³/mol. The standard InChI is InChI=1S/C26H22N2O7S/c1-14(29)16-6-9-18(10-7-16)27-23(30)15(2)36-20-5-3-4-19(13-20)28-24(31)21-11-8-17(25(32)33)12-22(21)26(34)35/h3-13,15H,1-2H3,(H,27,30)(H,28,31)(H,32,33)(H,34,35). The Labute approximate surface area is 210 Å². The number of Topliss-reactive ketones (excluding diaryl/α,β-unsaturated/α-hetero) is 1. The summed E-state index contributed by atoms with van der Waals surface area (Å²) in [5.74, 6) is -3.77. The Morgan fingerprint density at radius 1 is 0.750 bits per heavy atom. The Morgan fingerprint density at radius 3 is 2.03 bits per heavy atom. The predicted octanol–water partition coefficient (Wildman–Crippen LogP) is 4.66. The number of anilines is 2. The fourth-order valence-corrected chi connectivity index (χ4v) is 4.11. The third-order valence-electron chi connectivity index (χ3n) is 5.07. The summed E-state index contributed by atoms with van der Waals surface area (Å²) in [5.41, 5.74) is 0.610. The van der Waals surface area contributed by atoms with Crippen LogP contribution in [0.5, 0.6) is 0 Å². The van der Waals surface area contributed by atoms with E-state index in [1.807, 2.05) is 0 Å². The van der Waals surface area contributed by atoms with Gasteiger partial charge in [-0.2, -0.15) is 0 Å². The van der Waals surface area contributed by atoms with E-state index in [2.05, 4.69) is 10.6 Å². The lowest BCUT2D eigenvalue weighted by Crippen LogP contribution is -2.22. The molecule has 0 bridgehead atoms. The first-order chi connectivity index (χ1) is 17.0. The van der Waals surface area contributed by atoms with Gasteiger partial charge in [-0.05, 0) is 74.5 Å². The molecule has 0 spiro atoms. The summed E-state index contributed by atoms with van der Waals surface area (Å²) >= 11 is 1.25. The zero-order chi connectivity index (χ0) is 26.4. The van der Waals surface area contributed by atoms with Crippen molar-refractivity contribution in [3.63, 3.8) is 0 Å². The molecule has 2 amide bonds. The average molecular weight is 507 g/mol. The number of hydrogen-bond acceptors (Lipinski definition) is 6. The van der Waals surface area contributed by atoms with Gasteiger partial charge in [0, 0.05) is 21.8 Å². The van der Waals surface area contributed by atoms with Crippen molar-refractivity contribution in [2.24, 2.45) is 0 Å². The number of carbonyl (C=O) groups excluding carboxylic acids is 3. The van der Waals surface area contributed by atoms with Gasteiger partial charge in [-0.25, -0.2) is 9.59 Å². The van der Waals surface area contributed by atoms with E-state index in [9.17, 15) is 29.1 Å². The van der Waals surface area contributed by atoms with Gasteiger partial charge in [-0.15, -0.1) is 11.8 Å². The largest absolute Gasteiger partial charge is 0.478 e. The molecule has 0 saturated carbocycles. The second-order valence-electron chi connectivity index (χ2n) is 7.74. The summed E-state index contributed by atoms with van der Waals surface area (Å²) in [6, 6.07) is 16.5. The monoisotopic (exact) mass is 506 g/mol. The summed E-state index contributed by atoms with van der Waals surface area (Å²) in [4.78, 5) is 60.0. The van der Waals surface area contributed by atoms with Crippen LogP contribution >= 0.6 is 11.8 Å². The minimum Gasteiger partial charge on any atom is -0.478 e. The van der Waals surface area contributed by atoms with E-state index in [0.717, 1.165) is 18.2 Å². The minimum absolute atomic E-state index is 0.0692. The molecule has 0 heterocycles. The maximum absolute atomic E-state index is 12.7. The van der Waals surface area contributed by atoms with Crippen LogP contribution in [0.1, 0.15) is 55.3 Å². The summed E-state index contributed by atoms with van der Waals surface area (Å²) in [6.45, 7) is 3.18. The number of benzene rings is 3. The van der Waals surface area contributed by atoms with Crippen LogP contribution in [0.25, 0.3) is 0 Å².